The summed E-state index contributed by atoms with van der Waals surface area (Å²) in [4.78, 5) is 0. The van der Waals surface area contributed by atoms with Crippen LogP contribution in [0, 0.1) is 42.4 Å². The summed E-state index contributed by atoms with van der Waals surface area (Å²) < 4.78 is 0. The van der Waals surface area contributed by atoms with Gasteiger partial charge in [-0.2, -0.15) is 0 Å². The highest BCUT2D eigenvalue weighted by molar-refractivity contribution is 5.56. The van der Waals surface area contributed by atoms with Crippen LogP contribution < -0.4 is 0 Å². The lowest BCUT2D eigenvalue weighted by Crippen LogP contribution is -1.91. The molecule has 0 fully saturated rings. The molecule has 0 radical (unpaired) electrons. The van der Waals surface area contributed by atoms with E-state index in [9.17, 15) is 0 Å². The van der Waals surface area contributed by atoms with Crippen molar-refractivity contribution in [3.8, 4) is 35.5 Å². The van der Waals surface area contributed by atoms with Crippen LogP contribution in [0.4, 0.5) is 0 Å². The molecule has 0 saturated heterocycles. The number of benzene rings is 1. The average Bonchev–Trinajstić information content (AvgIpc) is 2.26. The van der Waals surface area contributed by atoms with E-state index in [0.717, 1.165) is 22.3 Å². The second-order valence-electron chi connectivity index (χ2n) is 3.32. The molecule has 0 amide bonds. The maximum absolute atomic E-state index is 3.09. The first-order valence-corrected chi connectivity index (χ1v) is 5.15. The maximum atomic E-state index is 3.09. The minimum absolute atomic E-state index is 0.976. The fourth-order valence-corrected chi connectivity index (χ4v) is 1.46. The Morgan fingerprint density at radius 2 is 1.19 bits per heavy atom. The summed E-state index contributed by atoms with van der Waals surface area (Å²) in [7, 11) is 0. The molecule has 0 heteroatoms. The van der Waals surface area contributed by atoms with Gasteiger partial charge in [-0.15, -0.1) is 17.8 Å². The lowest BCUT2D eigenvalue weighted by molar-refractivity contribution is 1.39. The number of rotatable bonds is 0. The second-order valence-corrected chi connectivity index (χ2v) is 3.32. The molecule has 16 heavy (non-hydrogen) atoms. The van der Waals surface area contributed by atoms with E-state index in [1.807, 2.05) is 39.8 Å². The average molecular weight is 206 g/mol. The zero-order valence-corrected chi connectivity index (χ0v) is 10.2. The van der Waals surface area contributed by atoms with Gasteiger partial charge in [0, 0.05) is 16.7 Å². The molecular formula is C16H14. The van der Waals surface area contributed by atoms with Gasteiger partial charge >= 0.3 is 0 Å². The third-order valence-corrected chi connectivity index (χ3v) is 2.20. The fraction of sp³-hybridized carbons (Fsp3) is 0.250. The molecular weight excluding hydrogens is 192 g/mol. The van der Waals surface area contributed by atoms with Gasteiger partial charge in [-0.3, -0.25) is 0 Å². The maximum Gasteiger partial charge on any atom is 0.0299 e. The molecule has 78 valence electrons. The summed E-state index contributed by atoms with van der Waals surface area (Å²) in [6, 6.07) is 4.03. The summed E-state index contributed by atoms with van der Waals surface area (Å²) in [5, 5.41) is 0. The van der Waals surface area contributed by atoms with Crippen molar-refractivity contribution in [3.63, 3.8) is 0 Å². The molecule has 0 unspecified atom stereocenters. The Bertz CT molecular complexity index is 529. The highest BCUT2D eigenvalue weighted by Crippen LogP contribution is 2.15. The minimum Gasteiger partial charge on any atom is -0.101 e. The van der Waals surface area contributed by atoms with Crippen molar-refractivity contribution in [2.75, 3.05) is 0 Å². The van der Waals surface area contributed by atoms with Crippen LogP contribution >= 0.6 is 0 Å². The van der Waals surface area contributed by atoms with Crippen LogP contribution in [-0.4, -0.2) is 0 Å². The summed E-state index contributed by atoms with van der Waals surface area (Å²) in [6.07, 6.45) is 0. The Kier molecular flexibility index (Phi) is 4.27. The largest absolute Gasteiger partial charge is 0.101 e. The Morgan fingerprint density at radius 1 is 0.750 bits per heavy atom. The van der Waals surface area contributed by atoms with Crippen LogP contribution in [-0.2, 0) is 0 Å². The van der Waals surface area contributed by atoms with Crippen molar-refractivity contribution in [1.29, 1.82) is 0 Å². The van der Waals surface area contributed by atoms with Crippen LogP contribution in [0.5, 0.6) is 0 Å². The van der Waals surface area contributed by atoms with Crippen molar-refractivity contribution in [1.82, 2.24) is 0 Å². The van der Waals surface area contributed by atoms with E-state index < -0.39 is 0 Å². The SMILES string of the molecule is CC#Cc1cc(C#CC)c(C)c(C#CC)c1. The second kappa shape index (κ2) is 5.70. The molecule has 1 rings (SSSR count). The molecule has 1 aromatic rings. The van der Waals surface area contributed by atoms with E-state index in [-0.39, 0.29) is 0 Å². The van der Waals surface area contributed by atoms with Gasteiger partial charge < -0.3 is 0 Å². The molecule has 0 nitrogen and oxygen atoms in total. The predicted molar refractivity (Wildman–Crippen MR) is 68.8 cm³/mol. The lowest BCUT2D eigenvalue weighted by atomic mass is 9.99. The Morgan fingerprint density at radius 3 is 1.56 bits per heavy atom. The predicted octanol–water partition coefficient (Wildman–Crippen LogP) is 3.11. The summed E-state index contributed by atoms with van der Waals surface area (Å²) in [5.74, 6) is 18.0. The minimum atomic E-state index is 0.976. The molecule has 0 aliphatic carbocycles. The van der Waals surface area contributed by atoms with E-state index >= 15 is 0 Å². The Balaban J connectivity index is 3.50. The van der Waals surface area contributed by atoms with Gasteiger partial charge in [-0.25, -0.2) is 0 Å². The third-order valence-electron chi connectivity index (χ3n) is 2.20. The normalized spacial score (nSPS) is 7.75. The zero-order chi connectivity index (χ0) is 12.0. The van der Waals surface area contributed by atoms with Gasteiger partial charge in [0.15, 0.2) is 0 Å². The fourth-order valence-electron chi connectivity index (χ4n) is 1.46. The van der Waals surface area contributed by atoms with E-state index in [0.29, 0.717) is 0 Å². The zero-order valence-electron chi connectivity index (χ0n) is 10.2. The molecule has 0 N–H and O–H groups in total. The number of hydrogen-bond acceptors (Lipinski definition) is 0. The molecule has 0 aliphatic heterocycles. The molecule has 0 atom stereocenters. The summed E-state index contributed by atoms with van der Waals surface area (Å²) >= 11 is 0. The van der Waals surface area contributed by atoms with Gasteiger partial charge in [-0.05, 0) is 45.4 Å². The molecule has 0 aromatic heterocycles. The Labute approximate surface area is 98.1 Å². The molecule has 1 aromatic carbocycles. The van der Waals surface area contributed by atoms with Crippen LogP contribution in [0.25, 0.3) is 0 Å². The van der Waals surface area contributed by atoms with Gasteiger partial charge in [0.2, 0.25) is 0 Å². The van der Waals surface area contributed by atoms with Gasteiger partial charge in [0.25, 0.3) is 0 Å². The molecule has 0 bridgehead atoms. The summed E-state index contributed by atoms with van der Waals surface area (Å²) in [6.45, 7) is 7.55. The highest BCUT2D eigenvalue weighted by Gasteiger charge is 2.02. The standard InChI is InChI=1S/C16H14/c1-5-8-14-11-15(9-6-2)13(4)16(12-14)10-7-3/h11-12H,1-4H3. The Hall–Kier alpha value is -2.10. The third kappa shape index (κ3) is 2.70. The van der Waals surface area contributed by atoms with Gasteiger partial charge in [0.05, 0.1) is 0 Å². The monoisotopic (exact) mass is 206 g/mol. The summed E-state index contributed by atoms with van der Waals surface area (Å²) in [5.41, 5.74) is 4.13. The van der Waals surface area contributed by atoms with Crippen LogP contribution in [0.1, 0.15) is 43.0 Å². The van der Waals surface area contributed by atoms with Crippen molar-refractivity contribution in [2.45, 2.75) is 27.7 Å². The lowest BCUT2D eigenvalue weighted by Gasteiger charge is -2.03. The van der Waals surface area contributed by atoms with E-state index in [4.69, 9.17) is 0 Å². The smallest absolute Gasteiger partial charge is 0.0299 e. The van der Waals surface area contributed by atoms with Crippen molar-refractivity contribution < 1.29 is 0 Å². The van der Waals surface area contributed by atoms with Gasteiger partial charge in [0.1, 0.15) is 0 Å². The van der Waals surface area contributed by atoms with Crippen LogP contribution in [0.2, 0.25) is 0 Å². The molecule has 0 saturated carbocycles. The number of hydrogen-bond donors (Lipinski definition) is 0. The van der Waals surface area contributed by atoms with Crippen LogP contribution in [0.3, 0.4) is 0 Å². The first kappa shape index (κ1) is 12.0. The highest BCUT2D eigenvalue weighted by atomic mass is 14.0. The van der Waals surface area contributed by atoms with E-state index in [1.165, 1.54) is 0 Å². The van der Waals surface area contributed by atoms with E-state index in [1.54, 1.807) is 0 Å². The van der Waals surface area contributed by atoms with Crippen LogP contribution in [0.15, 0.2) is 12.1 Å². The first-order valence-electron chi connectivity index (χ1n) is 5.15. The quantitative estimate of drug-likeness (QED) is 0.572. The van der Waals surface area contributed by atoms with Crippen molar-refractivity contribution >= 4 is 0 Å². The molecule has 0 aliphatic rings. The topological polar surface area (TPSA) is 0 Å². The van der Waals surface area contributed by atoms with E-state index in [2.05, 4.69) is 35.5 Å². The van der Waals surface area contributed by atoms with Crippen molar-refractivity contribution in [2.24, 2.45) is 0 Å². The first-order chi connectivity index (χ1) is 7.72. The van der Waals surface area contributed by atoms with Gasteiger partial charge in [-0.1, -0.05) is 17.8 Å². The van der Waals surface area contributed by atoms with Crippen molar-refractivity contribution in [3.05, 3.63) is 34.4 Å². The molecule has 0 heterocycles. The molecule has 0 spiro atoms.